The second kappa shape index (κ2) is 6.98. The van der Waals surface area contributed by atoms with Crippen LogP contribution in [0.3, 0.4) is 0 Å². The van der Waals surface area contributed by atoms with Gasteiger partial charge in [-0.2, -0.15) is 0 Å². The topological polar surface area (TPSA) is 55.6 Å². The standard InChI is InChI=1S/C16H22N2O2/c1-2-11-20-15-7-5-13(12-14(15)17)6-8-16(19)18-9-3-4-10-18/h5-8,12H,2-4,9-11,17H2,1H3/b8-6-. The van der Waals surface area contributed by atoms with Crippen molar-refractivity contribution in [1.82, 2.24) is 4.90 Å². The molecule has 20 heavy (non-hydrogen) atoms. The fourth-order valence-corrected chi connectivity index (χ4v) is 2.22. The average molecular weight is 274 g/mol. The Bertz CT molecular complexity index is 491. The molecule has 1 aromatic rings. The number of nitrogens with zero attached hydrogens (tertiary/aromatic N) is 1. The van der Waals surface area contributed by atoms with Crippen molar-refractivity contribution in [1.29, 1.82) is 0 Å². The van der Waals surface area contributed by atoms with Gasteiger partial charge >= 0.3 is 0 Å². The summed E-state index contributed by atoms with van der Waals surface area (Å²) in [6.07, 6.45) is 6.59. The number of amides is 1. The lowest BCUT2D eigenvalue weighted by Crippen LogP contribution is -2.25. The fraction of sp³-hybridized carbons (Fsp3) is 0.438. The molecule has 0 saturated carbocycles. The van der Waals surface area contributed by atoms with Crippen molar-refractivity contribution in [2.45, 2.75) is 26.2 Å². The van der Waals surface area contributed by atoms with Crippen LogP contribution in [0.4, 0.5) is 5.69 Å². The van der Waals surface area contributed by atoms with Gasteiger partial charge in [-0.3, -0.25) is 4.79 Å². The molecule has 1 saturated heterocycles. The highest BCUT2D eigenvalue weighted by Gasteiger charge is 2.14. The molecule has 1 heterocycles. The first-order valence-electron chi connectivity index (χ1n) is 7.20. The van der Waals surface area contributed by atoms with Crippen LogP contribution in [0.1, 0.15) is 31.7 Å². The molecule has 1 amide bonds. The number of carbonyl (C=O) groups excluding carboxylic acids is 1. The van der Waals surface area contributed by atoms with Crippen LogP contribution in [0, 0.1) is 0 Å². The second-order valence-electron chi connectivity index (χ2n) is 5.01. The monoisotopic (exact) mass is 274 g/mol. The Morgan fingerprint density at radius 3 is 2.80 bits per heavy atom. The maximum absolute atomic E-state index is 11.9. The van der Waals surface area contributed by atoms with E-state index in [4.69, 9.17) is 10.5 Å². The van der Waals surface area contributed by atoms with Crippen molar-refractivity contribution in [3.63, 3.8) is 0 Å². The number of hydrogen-bond donors (Lipinski definition) is 1. The van der Waals surface area contributed by atoms with Gasteiger partial charge in [-0.05, 0) is 43.0 Å². The molecule has 1 aromatic carbocycles. The zero-order chi connectivity index (χ0) is 14.4. The van der Waals surface area contributed by atoms with E-state index in [2.05, 4.69) is 6.92 Å². The largest absolute Gasteiger partial charge is 0.491 e. The summed E-state index contributed by atoms with van der Waals surface area (Å²) in [7, 11) is 0. The highest BCUT2D eigenvalue weighted by molar-refractivity contribution is 5.92. The third kappa shape index (κ3) is 3.76. The molecule has 1 aliphatic heterocycles. The van der Waals surface area contributed by atoms with Crippen LogP contribution in [-0.4, -0.2) is 30.5 Å². The van der Waals surface area contributed by atoms with E-state index in [0.717, 1.165) is 37.9 Å². The first kappa shape index (κ1) is 14.4. The molecule has 0 atom stereocenters. The van der Waals surface area contributed by atoms with Crippen molar-refractivity contribution in [3.8, 4) is 5.75 Å². The second-order valence-corrected chi connectivity index (χ2v) is 5.01. The molecule has 108 valence electrons. The van der Waals surface area contributed by atoms with Gasteiger partial charge in [0, 0.05) is 19.2 Å². The number of likely N-dealkylation sites (tertiary alicyclic amines) is 1. The predicted octanol–water partition coefficient (Wildman–Crippen LogP) is 2.69. The quantitative estimate of drug-likeness (QED) is 0.663. The molecule has 2 rings (SSSR count). The number of ether oxygens (including phenoxy) is 1. The van der Waals surface area contributed by atoms with E-state index in [0.29, 0.717) is 18.0 Å². The number of nitrogen functional groups attached to an aromatic ring is 1. The molecule has 0 spiro atoms. The number of anilines is 1. The highest BCUT2D eigenvalue weighted by Crippen LogP contribution is 2.23. The molecule has 4 heteroatoms. The third-order valence-electron chi connectivity index (χ3n) is 3.33. The van der Waals surface area contributed by atoms with Gasteiger partial charge in [-0.25, -0.2) is 0 Å². The van der Waals surface area contributed by atoms with Crippen LogP contribution < -0.4 is 10.5 Å². The molecule has 2 N–H and O–H groups in total. The van der Waals surface area contributed by atoms with Crippen molar-refractivity contribution < 1.29 is 9.53 Å². The Kier molecular flexibility index (Phi) is 5.04. The van der Waals surface area contributed by atoms with Crippen LogP contribution in [-0.2, 0) is 4.79 Å². The molecule has 0 bridgehead atoms. The highest BCUT2D eigenvalue weighted by atomic mass is 16.5. The summed E-state index contributed by atoms with van der Waals surface area (Å²) in [5.74, 6) is 0.780. The Morgan fingerprint density at radius 2 is 2.15 bits per heavy atom. The Morgan fingerprint density at radius 1 is 1.40 bits per heavy atom. The Balaban J connectivity index is 1.98. The van der Waals surface area contributed by atoms with E-state index in [1.54, 1.807) is 12.2 Å². The number of carbonyl (C=O) groups is 1. The van der Waals surface area contributed by atoms with Gasteiger partial charge in [-0.15, -0.1) is 0 Å². The minimum absolute atomic E-state index is 0.0763. The maximum Gasteiger partial charge on any atom is 0.246 e. The van der Waals surface area contributed by atoms with Gasteiger partial charge in [0.15, 0.2) is 0 Å². The van der Waals surface area contributed by atoms with Crippen LogP contribution in [0.15, 0.2) is 24.3 Å². The van der Waals surface area contributed by atoms with E-state index >= 15 is 0 Å². The zero-order valence-electron chi connectivity index (χ0n) is 12.0. The van der Waals surface area contributed by atoms with E-state index in [1.165, 1.54) is 0 Å². The Hall–Kier alpha value is -1.97. The van der Waals surface area contributed by atoms with Gasteiger partial charge in [0.1, 0.15) is 5.75 Å². The average Bonchev–Trinajstić information content (AvgIpc) is 2.98. The summed E-state index contributed by atoms with van der Waals surface area (Å²) in [5, 5.41) is 0. The first-order valence-corrected chi connectivity index (χ1v) is 7.20. The molecular formula is C16H22N2O2. The van der Waals surface area contributed by atoms with Gasteiger partial charge in [0.25, 0.3) is 0 Å². The zero-order valence-corrected chi connectivity index (χ0v) is 12.0. The Labute approximate surface area is 120 Å². The summed E-state index contributed by atoms with van der Waals surface area (Å²) >= 11 is 0. The minimum atomic E-state index is 0.0763. The van der Waals surface area contributed by atoms with Gasteiger partial charge < -0.3 is 15.4 Å². The van der Waals surface area contributed by atoms with Gasteiger partial charge in [0.2, 0.25) is 5.91 Å². The molecule has 1 fully saturated rings. The van der Waals surface area contributed by atoms with Crippen LogP contribution in [0.5, 0.6) is 5.75 Å². The molecule has 0 aromatic heterocycles. The van der Waals surface area contributed by atoms with Gasteiger partial charge in [0.05, 0.1) is 12.3 Å². The molecule has 0 radical (unpaired) electrons. The summed E-state index contributed by atoms with van der Waals surface area (Å²) < 4.78 is 5.52. The van der Waals surface area contributed by atoms with Crippen LogP contribution in [0.25, 0.3) is 6.08 Å². The van der Waals surface area contributed by atoms with E-state index in [1.807, 2.05) is 23.1 Å². The van der Waals surface area contributed by atoms with E-state index < -0.39 is 0 Å². The number of benzene rings is 1. The maximum atomic E-state index is 11.9. The van der Waals surface area contributed by atoms with Crippen LogP contribution in [0.2, 0.25) is 0 Å². The summed E-state index contributed by atoms with van der Waals surface area (Å²) in [6, 6.07) is 5.60. The lowest BCUT2D eigenvalue weighted by Gasteiger charge is -2.12. The van der Waals surface area contributed by atoms with Gasteiger partial charge in [-0.1, -0.05) is 13.0 Å². The van der Waals surface area contributed by atoms with E-state index in [-0.39, 0.29) is 5.91 Å². The first-order chi connectivity index (χ1) is 9.70. The van der Waals surface area contributed by atoms with Crippen molar-refractivity contribution in [2.24, 2.45) is 0 Å². The number of rotatable bonds is 5. The SMILES string of the molecule is CCCOc1ccc(/C=C\C(=O)N2CCCC2)cc1N. The fourth-order valence-electron chi connectivity index (χ4n) is 2.22. The predicted molar refractivity (Wildman–Crippen MR) is 81.5 cm³/mol. The molecule has 4 nitrogen and oxygen atoms in total. The van der Waals surface area contributed by atoms with Crippen molar-refractivity contribution in [2.75, 3.05) is 25.4 Å². The number of hydrogen-bond acceptors (Lipinski definition) is 3. The summed E-state index contributed by atoms with van der Waals surface area (Å²) in [5.41, 5.74) is 7.46. The smallest absolute Gasteiger partial charge is 0.246 e. The molecule has 0 unspecified atom stereocenters. The van der Waals surface area contributed by atoms with Crippen molar-refractivity contribution in [3.05, 3.63) is 29.8 Å². The summed E-state index contributed by atoms with van der Waals surface area (Å²) in [6.45, 7) is 4.45. The van der Waals surface area contributed by atoms with Crippen LogP contribution >= 0.6 is 0 Å². The molecule has 0 aliphatic carbocycles. The lowest BCUT2D eigenvalue weighted by molar-refractivity contribution is -0.124. The summed E-state index contributed by atoms with van der Waals surface area (Å²) in [4.78, 5) is 13.8. The third-order valence-corrected chi connectivity index (χ3v) is 3.33. The number of nitrogens with two attached hydrogens (primary N) is 1. The minimum Gasteiger partial charge on any atom is -0.491 e. The van der Waals surface area contributed by atoms with Crippen molar-refractivity contribution >= 4 is 17.7 Å². The van der Waals surface area contributed by atoms with E-state index in [9.17, 15) is 4.79 Å². The lowest BCUT2D eigenvalue weighted by atomic mass is 10.1. The normalized spacial score (nSPS) is 14.9. The molecule has 1 aliphatic rings. The molecular weight excluding hydrogens is 252 g/mol.